The van der Waals surface area contributed by atoms with Crippen LogP contribution in [0.3, 0.4) is 0 Å². The van der Waals surface area contributed by atoms with Crippen LogP contribution in [0.15, 0.2) is 11.1 Å². The SMILES string of the molecule is Nn1cnc2c(=O)[nH]nnc21. The highest BCUT2D eigenvalue weighted by atomic mass is 16.1. The second-order valence-corrected chi connectivity index (χ2v) is 1.96. The fourth-order valence-corrected chi connectivity index (χ4v) is 0.785. The summed E-state index contributed by atoms with van der Waals surface area (Å²) >= 11 is 0. The molecule has 0 amide bonds. The maximum atomic E-state index is 10.9. The first kappa shape index (κ1) is 5.83. The first-order chi connectivity index (χ1) is 5.29. The molecular formula is C4H4N6O. The summed E-state index contributed by atoms with van der Waals surface area (Å²) in [5.74, 6) is 5.34. The number of aromatic amines is 1. The largest absolute Gasteiger partial charge is 0.336 e. The number of aromatic nitrogens is 5. The fourth-order valence-electron chi connectivity index (χ4n) is 0.785. The quantitative estimate of drug-likeness (QED) is 0.435. The predicted molar refractivity (Wildman–Crippen MR) is 36.1 cm³/mol. The van der Waals surface area contributed by atoms with Crippen LogP contribution in [0.4, 0.5) is 0 Å². The molecule has 0 unspecified atom stereocenters. The Morgan fingerprint density at radius 3 is 3.18 bits per heavy atom. The van der Waals surface area contributed by atoms with Crippen molar-refractivity contribution in [2.45, 2.75) is 0 Å². The van der Waals surface area contributed by atoms with Crippen LogP contribution in [0.25, 0.3) is 11.2 Å². The molecule has 3 N–H and O–H groups in total. The molecule has 0 atom stereocenters. The Morgan fingerprint density at radius 1 is 1.64 bits per heavy atom. The number of nitrogens with zero attached hydrogens (tertiary/aromatic N) is 4. The van der Waals surface area contributed by atoms with Crippen LogP contribution in [0.1, 0.15) is 0 Å². The van der Waals surface area contributed by atoms with Gasteiger partial charge in [-0.05, 0) is 0 Å². The average Bonchev–Trinajstić information content (AvgIpc) is 2.35. The van der Waals surface area contributed by atoms with E-state index in [1.54, 1.807) is 0 Å². The molecule has 7 nitrogen and oxygen atoms in total. The minimum Gasteiger partial charge on any atom is -0.336 e. The van der Waals surface area contributed by atoms with Crippen molar-refractivity contribution in [3.8, 4) is 0 Å². The number of rotatable bonds is 0. The van der Waals surface area contributed by atoms with E-state index >= 15 is 0 Å². The molecule has 0 aromatic carbocycles. The molecule has 0 bridgehead atoms. The molecule has 2 rings (SSSR count). The van der Waals surface area contributed by atoms with Gasteiger partial charge in [-0.1, -0.05) is 5.21 Å². The van der Waals surface area contributed by atoms with Gasteiger partial charge in [0.05, 0.1) is 0 Å². The zero-order valence-electron chi connectivity index (χ0n) is 5.35. The molecule has 0 saturated carbocycles. The van der Waals surface area contributed by atoms with Gasteiger partial charge in [-0.3, -0.25) is 4.79 Å². The lowest BCUT2D eigenvalue weighted by Gasteiger charge is -1.87. The number of hydrogen-bond acceptors (Lipinski definition) is 5. The van der Waals surface area contributed by atoms with E-state index in [0.717, 1.165) is 4.68 Å². The monoisotopic (exact) mass is 152 g/mol. The summed E-state index contributed by atoms with van der Waals surface area (Å²) in [4.78, 5) is 14.6. The highest BCUT2D eigenvalue weighted by molar-refractivity contribution is 5.68. The van der Waals surface area contributed by atoms with Gasteiger partial charge < -0.3 is 5.84 Å². The zero-order valence-corrected chi connectivity index (χ0v) is 5.35. The van der Waals surface area contributed by atoms with Crippen LogP contribution >= 0.6 is 0 Å². The summed E-state index contributed by atoms with van der Waals surface area (Å²) < 4.78 is 1.14. The number of H-pyrrole nitrogens is 1. The average molecular weight is 152 g/mol. The molecule has 7 heteroatoms. The fraction of sp³-hybridized carbons (Fsp3) is 0. The molecule has 56 valence electrons. The maximum absolute atomic E-state index is 10.9. The molecule has 0 aliphatic carbocycles. The lowest BCUT2D eigenvalue weighted by molar-refractivity contribution is 0.850. The zero-order chi connectivity index (χ0) is 7.84. The van der Waals surface area contributed by atoms with Gasteiger partial charge in [0.1, 0.15) is 6.33 Å². The van der Waals surface area contributed by atoms with Gasteiger partial charge in [-0.2, -0.15) is 0 Å². The van der Waals surface area contributed by atoms with E-state index in [1.165, 1.54) is 6.33 Å². The summed E-state index contributed by atoms with van der Waals surface area (Å²) in [6, 6.07) is 0. The molecule has 11 heavy (non-hydrogen) atoms. The van der Waals surface area contributed by atoms with E-state index in [1.807, 2.05) is 0 Å². The molecule has 2 aromatic heterocycles. The summed E-state index contributed by atoms with van der Waals surface area (Å²) in [6.07, 6.45) is 1.30. The standard InChI is InChI=1S/C4H4N6O/c5-10-1-6-2-3(10)7-9-8-4(2)11/h1H,5H2,(H,7,8,11). The topological polar surface area (TPSA) is 102 Å². The predicted octanol–water partition coefficient (Wildman–Crippen LogP) is -1.77. The van der Waals surface area contributed by atoms with E-state index in [-0.39, 0.29) is 16.7 Å². The third kappa shape index (κ3) is 0.672. The van der Waals surface area contributed by atoms with Crippen LogP contribution in [0.2, 0.25) is 0 Å². The maximum Gasteiger partial charge on any atom is 0.295 e. The first-order valence-corrected chi connectivity index (χ1v) is 2.82. The smallest absolute Gasteiger partial charge is 0.295 e. The number of nitrogen functional groups attached to an aromatic ring is 1. The Bertz CT molecular complexity index is 441. The molecule has 2 aromatic rings. The van der Waals surface area contributed by atoms with E-state index in [9.17, 15) is 4.79 Å². The van der Waals surface area contributed by atoms with Crippen LogP contribution in [0.5, 0.6) is 0 Å². The molecule has 0 fully saturated rings. The molecule has 0 aliphatic rings. The Balaban J connectivity index is 3.06. The Labute approximate surface area is 59.8 Å². The number of nitrogens with two attached hydrogens (primary N) is 1. The molecule has 0 aliphatic heterocycles. The third-order valence-electron chi connectivity index (χ3n) is 1.28. The van der Waals surface area contributed by atoms with Gasteiger partial charge in [0, 0.05) is 0 Å². The van der Waals surface area contributed by atoms with Crippen LogP contribution in [0, 0.1) is 0 Å². The minimum atomic E-state index is -0.390. The second-order valence-electron chi connectivity index (χ2n) is 1.96. The van der Waals surface area contributed by atoms with Gasteiger partial charge in [-0.25, -0.2) is 14.8 Å². The Hall–Kier alpha value is -1.92. The highest BCUT2D eigenvalue weighted by Gasteiger charge is 2.04. The van der Waals surface area contributed by atoms with Crippen molar-refractivity contribution in [1.82, 2.24) is 25.1 Å². The van der Waals surface area contributed by atoms with Gasteiger partial charge in [0.25, 0.3) is 5.56 Å². The first-order valence-electron chi connectivity index (χ1n) is 2.82. The summed E-state index contributed by atoms with van der Waals surface area (Å²) in [5.41, 5.74) is 0.0791. The highest BCUT2D eigenvalue weighted by Crippen LogP contribution is 1.96. The van der Waals surface area contributed by atoms with E-state index in [0.29, 0.717) is 0 Å². The van der Waals surface area contributed by atoms with E-state index in [2.05, 4.69) is 20.4 Å². The van der Waals surface area contributed by atoms with Crippen molar-refractivity contribution in [1.29, 1.82) is 0 Å². The molecule has 2 heterocycles. The molecule has 0 radical (unpaired) electrons. The number of hydrogen-bond donors (Lipinski definition) is 2. The number of nitrogens with one attached hydrogen (secondary N) is 1. The van der Waals surface area contributed by atoms with Crippen LogP contribution < -0.4 is 11.4 Å². The van der Waals surface area contributed by atoms with Crippen molar-refractivity contribution in [2.24, 2.45) is 0 Å². The molecule has 0 spiro atoms. The number of fused-ring (bicyclic) bond motifs is 1. The summed E-state index contributed by atoms with van der Waals surface area (Å²) in [5, 5.41) is 9.03. The summed E-state index contributed by atoms with van der Waals surface area (Å²) in [6.45, 7) is 0. The second kappa shape index (κ2) is 1.78. The van der Waals surface area contributed by atoms with Crippen molar-refractivity contribution in [3.63, 3.8) is 0 Å². The van der Waals surface area contributed by atoms with Gasteiger partial charge >= 0.3 is 0 Å². The molecule has 0 saturated heterocycles. The normalized spacial score (nSPS) is 10.5. The minimum absolute atomic E-state index is 0.197. The summed E-state index contributed by atoms with van der Waals surface area (Å²) in [7, 11) is 0. The third-order valence-corrected chi connectivity index (χ3v) is 1.28. The number of imidazole rings is 1. The van der Waals surface area contributed by atoms with E-state index < -0.39 is 0 Å². The van der Waals surface area contributed by atoms with Crippen LogP contribution in [-0.4, -0.2) is 25.1 Å². The van der Waals surface area contributed by atoms with E-state index in [4.69, 9.17) is 5.84 Å². The van der Waals surface area contributed by atoms with Crippen molar-refractivity contribution < 1.29 is 0 Å². The van der Waals surface area contributed by atoms with Crippen molar-refractivity contribution >= 4 is 11.2 Å². The Kier molecular flexibility index (Phi) is 0.945. The van der Waals surface area contributed by atoms with Gasteiger partial charge in [0.2, 0.25) is 5.65 Å². The molecular weight excluding hydrogens is 148 g/mol. The van der Waals surface area contributed by atoms with Crippen LogP contribution in [-0.2, 0) is 0 Å². The lowest BCUT2D eigenvalue weighted by Crippen LogP contribution is -2.13. The lowest BCUT2D eigenvalue weighted by atomic mass is 10.6. The van der Waals surface area contributed by atoms with Gasteiger partial charge in [0.15, 0.2) is 5.52 Å². The van der Waals surface area contributed by atoms with Gasteiger partial charge in [-0.15, -0.1) is 5.10 Å². The van der Waals surface area contributed by atoms with Crippen molar-refractivity contribution in [3.05, 3.63) is 16.7 Å². The van der Waals surface area contributed by atoms with Crippen molar-refractivity contribution in [2.75, 3.05) is 5.84 Å². The Morgan fingerprint density at radius 2 is 2.45 bits per heavy atom.